The van der Waals surface area contributed by atoms with E-state index < -0.39 is 0 Å². The van der Waals surface area contributed by atoms with E-state index in [1.807, 2.05) is 0 Å². The third-order valence-corrected chi connectivity index (χ3v) is 4.15. The number of hydrogen-bond acceptors (Lipinski definition) is 1. The van der Waals surface area contributed by atoms with Crippen LogP contribution >= 0.6 is 15.9 Å². The van der Waals surface area contributed by atoms with Gasteiger partial charge < -0.3 is 5.32 Å². The fourth-order valence-corrected chi connectivity index (χ4v) is 3.02. The fraction of sp³-hybridized carbons (Fsp3) is 0.250. The van der Waals surface area contributed by atoms with E-state index in [-0.39, 0.29) is 0 Å². The highest BCUT2D eigenvalue weighted by atomic mass is 79.9. The Kier molecular flexibility index (Phi) is 3.13. The second-order valence-electron chi connectivity index (χ2n) is 4.89. The van der Waals surface area contributed by atoms with E-state index >= 15 is 0 Å². The van der Waals surface area contributed by atoms with Crippen LogP contribution in [0, 0.1) is 6.92 Å². The number of anilines is 1. The highest BCUT2D eigenvalue weighted by molar-refractivity contribution is 9.10. The molecule has 0 saturated heterocycles. The summed E-state index contributed by atoms with van der Waals surface area (Å²) < 4.78 is 1.17. The molecule has 18 heavy (non-hydrogen) atoms. The third-order valence-electron chi connectivity index (χ3n) is 3.66. The van der Waals surface area contributed by atoms with E-state index in [0.717, 1.165) is 0 Å². The average Bonchev–Trinajstić information content (AvgIpc) is 2.75. The smallest absolute Gasteiger partial charge is 0.0520 e. The minimum atomic E-state index is 0.443. The van der Waals surface area contributed by atoms with Crippen molar-refractivity contribution in [2.45, 2.75) is 25.8 Å². The van der Waals surface area contributed by atoms with Gasteiger partial charge in [0, 0.05) is 10.2 Å². The molecular formula is C16H16BrN. The maximum Gasteiger partial charge on any atom is 0.0520 e. The quantitative estimate of drug-likeness (QED) is 0.835. The molecular weight excluding hydrogens is 286 g/mol. The van der Waals surface area contributed by atoms with Gasteiger partial charge in [0.1, 0.15) is 0 Å². The molecule has 0 aromatic heterocycles. The third kappa shape index (κ3) is 2.17. The Labute approximate surface area is 116 Å². The largest absolute Gasteiger partial charge is 0.378 e. The predicted molar refractivity (Wildman–Crippen MR) is 80.0 cm³/mol. The lowest BCUT2D eigenvalue weighted by Gasteiger charge is -2.17. The number of nitrogens with one attached hydrogen (secondary N) is 1. The van der Waals surface area contributed by atoms with Gasteiger partial charge in [-0.15, -0.1) is 0 Å². The van der Waals surface area contributed by atoms with Gasteiger partial charge >= 0.3 is 0 Å². The molecule has 0 radical (unpaired) electrons. The van der Waals surface area contributed by atoms with E-state index in [2.05, 4.69) is 70.6 Å². The molecule has 0 heterocycles. The van der Waals surface area contributed by atoms with Gasteiger partial charge in [0.15, 0.2) is 0 Å². The summed E-state index contributed by atoms with van der Waals surface area (Å²) in [6.45, 7) is 2.15. The van der Waals surface area contributed by atoms with Crippen molar-refractivity contribution in [3.05, 3.63) is 63.6 Å². The van der Waals surface area contributed by atoms with Crippen LogP contribution in [0.15, 0.2) is 46.9 Å². The molecule has 1 N–H and O–H groups in total. The van der Waals surface area contributed by atoms with Crippen LogP contribution in [0.2, 0.25) is 0 Å². The zero-order valence-electron chi connectivity index (χ0n) is 10.4. The molecule has 1 nitrogen and oxygen atoms in total. The lowest BCUT2D eigenvalue weighted by Crippen LogP contribution is -2.08. The molecule has 1 aliphatic rings. The Morgan fingerprint density at radius 3 is 2.83 bits per heavy atom. The van der Waals surface area contributed by atoms with Crippen molar-refractivity contribution in [1.82, 2.24) is 0 Å². The van der Waals surface area contributed by atoms with Crippen molar-refractivity contribution >= 4 is 21.6 Å². The van der Waals surface area contributed by atoms with E-state index in [1.54, 1.807) is 0 Å². The molecule has 1 unspecified atom stereocenters. The van der Waals surface area contributed by atoms with Gasteiger partial charge in [-0.1, -0.05) is 40.2 Å². The SMILES string of the molecule is Cc1ccccc1NC1CCc2ccc(Br)cc21. The van der Waals surface area contributed by atoms with E-state index in [0.29, 0.717) is 6.04 Å². The normalized spacial score (nSPS) is 17.6. The second kappa shape index (κ2) is 4.77. The monoisotopic (exact) mass is 301 g/mol. The number of aryl methyl sites for hydroxylation is 2. The number of rotatable bonds is 2. The van der Waals surface area contributed by atoms with Crippen molar-refractivity contribution in [1.29, 1.82) is 0 Å². The molecule has 0 fully saturated rings. The van der Waals surface area contributed by atoms with Crippen LogP contribution in [-0.4, -0.2) is 0 Å². The Morgan fingerprint density at radius 2 is 2.00 bits per heavy atom. The summed E-state index contributed by atoms with van der Waals surface area (Å²) in [5, 5.41) is 3.67. The summed E-state index contributed by atoms with van der Waals surface area (Å²) in [6, 6.07) is 15.5. The number of halogens is 1. The number of benzene rings is 2. The number of para-hydroxylation sites is 1. The highest BCUT2D eigenvalue weighted by Gasteiger charge is 2.22. The summed E-state index contributed by atoms with van der Waals surface area (Å²) in [5.74, 6) is 0. The maximum atomic E-state index is 3.67. The Bertz CT molecular complexity index is 577. The molecule has 0 bridgehead atoms. The predicted octanol–water partition coefficient (Wildman–Crippen LogP) is 4.86. The summed E-state index contributed by atoms with van der Waals surface area (Å²) in [7, 11) is 0. The molecule has 0 spiro atoms. The van der Waals surface area contributed by atoms with Gasteiger partial charge in [-0.3, -0.25) is 0 Å². The second-order valence-corrected chi connectivity index (χ2v) is 5.81. The van der Waals surface area contributed by atoms with Crippen molar-refractivity contribution in [3.8, 4) is 0 Å². The number of fused-ring (bicyclic) bond motifs is 1. The summed E-state index contributed by atoms with van der Waals surface area (Å²) in [6.07, 6.45) is 2.35. The molecule has 2 heteroatoms. The van der Waals surface area contributed by atoms with E-state index in [1.165, 1.54) is 39.7 Å². The van der Waals surface area contributed by atoms with Gasteiger partial charge in [0.2, 0.25) is 0 Å². The number of hydrogen-bond donors (Lipinski definition) is 1. The Morgan fingerprint density at radius 1 is 1.17 bits per heavy atom. The van der Waals surface area contributed by atoms with Crippen LogP contribution in [0.25, 0.3) is 0 Å². The van der Waals surface area contributed by atoms with Crippen molar-refractivity contribution in [2.24, 2.45) is 0 Å². The summed E-state index contributed by atoms with van der Waals surface area (Å²) in [5.41, 5.74) is 5.47. The lowest BCUT2D eigenvalue weighted by atomic mass is 10.1. The van der Waals surface area contributed by atoms with Gasteiger partial charge in [0.25, 0.3) is 0 Å². The van der Waals surface area contributed by atoms with E-state index in [9.17, 15) is 0 Å². The van der Waals surface area contributed by atoms with Crippen LogP contribution in [0.4, 0.5) is 5.69 Å². The topological polar surface area (TPSA) is 12.0 Å². The molecule has 2 aromatic carbocycles. The molecule has 1 aliphatic carbocycles. The van der Waals surface area contributed by atoms with Crippen molar-refractivity contribution in [2.75, 3.05) is 5.32 Å². The van der Waals surface area contributed by atoms with Gasteiger partial charge in [-0.05, 0) is 54.7 Å². The van der Waals surface area contributed by atoms with Gasteiger partial charge in [-0.25, -0.2) is 0 Å². The first-order valence-corrected chi connectivity index (χ1v) is 7.14. The zero-order valence-corrected chi connectivity index (χ0v) is 12.0. The molecule has 1 atom stereocenters. The minimum absolute atomic E-state index is 0.443. The molecule has 92 valence electrons. The maximum absolute atomic E-state index is 3.67. The molecule has 0 aliphatic heterocycles. The van der Waals surface area contributed by atoms with Crippen LogP contribution in [-0.2, 0) is 6.42 Å². The standard InChI is InChI=1S/C16H16BrN/c1-11-4-2-3-5-15(11)18-16-9-7-12-6-8-13(17)10-14(12)16/h2-6,8,10,16,18H,7,9H2,1H3. The van der Waals surface area contributed by atoms with Gasteiger partial charge in [0.05, 0.1) is 6.04 Å². The molecule has 0 saturated carbocycles. The first kappa shape index (κ1) is 11.8. The average molecular weight is 302 g/mol. The molecule has 2 aromatic rings. The molecule has 0 amide bonds. The van der Waals surface area contributed by atoms with Crippen LogP contribution in [0.5, 0.6) is 0 Å². The minimum Gasteiger partial charge on any atom is -0.378 e. The highest BCUT2D eigenvalue weighted by Crippen LogP contribution is 2.35. The zero-order chi connectivity index (χ0) is 12.5. The Balaban J connectivity index is 1.89. The van der Waals surface area contributed by atoms with Crippen LogP contribution in [0.1, 0.15) is 29.2 Å². The fourth-order valence-electron chi connectivity index (χ4n) is 2.65. The molecule has 3 rings (SSSR count). The first-order valence-electron chi connectivity index (χ1n) is 6.34. The first-order chi connectivity index (χ1) is 8.74. The van der Waals surface area contributed by atoms with Crippen LogP contribution < -0.4 is 5.32 Å². The summed E-state index contributed by atoms with van der Waals surface area (Å²) in [4.78, 5) is 0. The lowest BCUT2D eigenvalue weighted by molar-refractivity contribution is 0.761. The summed E-state index contributed by atoms with van der Waals surface area (Å²) >= 11 is 3.56. The van der Waals surface area contributed by atoms with Crippen LogP contribution in [0.3, 0.4) is 0 Å². The van der Waals surface area contributed by atoms with E-state index in [4.69, 9.17) is 0 Å². The van der Waals surface area contributed by atoms with Gasteiger partial charge in [-0.2, -0.15) is 0 Å². The van der Waals surface area contributed by atoms with Crippen molar-refractivity contribution in [3.63, 3.8) is 0 Å². The Hall–Kier alpha value is -1.28. The van der Waals surface area contributed by atoms with Crippen molar-refractivity contribution < 1.29 is 0 Å².